The van der Waals surface area contributed by atoms with Crippen LogP contribution in [0.5, 0.6) is 0 Å². The van der Waals surface area contributed by atoms with Crippen LogP contribution in [0, 0.1) is 50.2 Å². The molecule has 0 aromatic heterocycles. The minimum absolute atomic E-state index is 0.0564. The van der Waals surface area contributed by atoms with Crippen LogP contribution in [-0.2, 0) is 23.8 Å². The van der Waals surface area contributed by atoms with Crippen LogP contribution >= 0.6 is 0 Å². The summed E-state index contributed by atoms with van der Waals surface area (Å²) in [7, 11) is 0. The van der Waals surface area contributed by atoms with Crippen LogP contribution in [0.3, 0.4) is 0 Å². The molecular formula is C38H60O13. The van der Waals surface area contributed by atoms with Crippen molar-refractivity contribution in [3.63, 3.8) is 0 Å². The molecule has 17 atom stereocenters. The molecule has 290 valence electrons. The Morgan fingerprint density at radius 1 is 0.882 bits per heavy atom. The number of aliphatic hydroxyl groups excluding tert-OH is 7. The number of carboxylic acid groups (broad SMARTS) is 1. The molecule has 5 unspecified atom stereocenters. The molecule has 6 aliphatic rings. The van der Waals surface area contributed by atoms with Gasteiger partial charge in [0.15, 0.2) is 12.4 Å². The molecule has 0 spiro atoms. The second-order valence-corrected chi connectivity index (χ2v) is 18.6. The van der Waals surface area contributed by atoms with Crippen LogP contribution in [0.4, 0.5) is 0 Å². The molecule has 4 saturated carbocycles. The maximum absolute atomic E-state index is 12.4. The highest BCUT2D eigenvalue weighted by molar-refractivity contribution is 5.73. The Balaban J connectivity index is 1.35. The predicted molar refractivity (Wildman–Crippen MR) is 180 cm³/mol. The highest BCUT2D eigenvalue weighted by atomic mass is 16.7. The van der Waals surface area contributed by atoms with Crippen molar-refractivity contribution in [2.75, 3.05) is 13.2 Å². The SMILES string of the molecule is CC(=O)O[C@H]1[C@H](O)C(C)(C)CC2C3=CCC4[C@@]5(C)CC[C@H](O[C@@H]6OC(C(=O)O)C(O)[C@@H](O)[C@@H]6O)[C@@](C)(CO)C5CC[C@@]4(C)[C@]3(C)C[C@H](O)[C@]21CO. The van der Waals surface area contributed by atoms with Crippen molar-refractivity contribution in [3.8, 4) is 0 Å². The number of aliphatic hydroxyl groups is 7. The molecule has 5 fully saturated rings. The van der Waals surface area contributed by atoms with Gasteiger partial charge in [0.05, 0.1) is 36.9 Å². The van der Waals surface area contributed by atoms with Gasteiger partial charge in [-0.2, -0.15) is 0 Å². The zero-order valence-corrected chi connectivity index (χ0v) is 31.0. The molecule has 1 saturated heterocycles. The quantitative estimate of drug-likeness (QED) is 0.111. The number of esters is 1. The van der Waals surface area contributed by atoms with Gasteiger partial charge >= 0.3 is 11.9 Å². The molecule has 6 rings (SSSR count). The average molecular weight is 725 g/mol. The van der Waals surface area contributed by atoms with Crippen LogP contribution in [0.25, 0.3) is 0 Å². The van der Waals surface area contributed by atoms with Gasteiger partial charge in [0.1, 0.15) is 24.4 Å². The molecule has 0 radical (unpaired) electrons. The summed E-state index contributed by atoms with van der Waals surface area (Å²) in [6, 6.07) is 0. The molecule has 0 aromatic carbocycles. The molecule has 13 nitrogen and oxygen atoms in total. The van der Waals surface area contributed by atoms with Crippen molar-refractivity contribution in [2.45, 2.75) is 149 Å². The summed E-state index contributed by atoms with van der Waals surface area (Å²) in [4.78, 5) is 24.1. The van der Waals surface area contributed by atoms with E-state index in [0.29, 0.717) is 38.5 Å². The molecule has 0 aromatic rings. The fourth-order valence-corrected chi connectivity index (χ4v) is 12.8. The first-order valence-electron chi connectivity index (χ1n) is 18.6. The Labute approximate surface area is 300 Å². The smallest absolute Gasteiger partial charge is 0.335 e. The van der Waals surface area contributed by atoms with Gasteiger partial charge in [-0.3, -0.25) is 4.79 Å². The van der Waals surface area contributed by atoms with E-state index in [1.807, 2.05) is 20.8 Å². The Bertz CT molecular complexity index is 1420. The van der Waals surface area contributed by atoms with Gasteiger partial charge < -0.3 is 55.1 Å². The van der Waals surface area contributed by atoms with Crippen LogP contribution in [0.2, 0.25) is 0 Å². The third-order valence-electron chi connectivity index (χ3n) is 15.9. The Morgan fingerprint density at radius 3 is 2.14 bits per heavy atom. The first-order valence-corrected chi connectivity index (χ1v) is 18.6. The number of hydrogen-bond donors (Lipinski definition) is 8. The molecule has 0 bridgehead atoms. The lowest BCUT2D eigenvalue weighted by atomic mass is 9.33. The Kier molecular flexibility index (Phi) is 9.71. The Hall–Kier alpha value is -1.68. The molecule has 1 heterocycles. The molecular weight excluding hydrogens is 664 g/mol. The van der Waals surface area contributed by atoms with Crippen molar-refractivity contribution >= 4 is 11.9 Å². The number of ether oxygens (including phenoxy) is 3. The van der Waals surface area contributed by atoms with Crippen molar-refractivity contribution in [3.05, 3.63) is 11.6 Å². The van der Waals surface area contributed by atoms with E-state index >= 15 is 0 Å². The van der Waals surface area contributed by atoms with Crippen molar-refractivity contribution in [1.29, 1.82) is 0 Å². The number of aliphatic carboxylic acids is 1. The van der Waals surface area contributed by atoms with E-state index < -0.39 is 95.3 Å². The first kappa shape index (κ1) is 39.0. The first-order chi connectivity index (χ1) is 23.6. The largest absolute Gasteiger partial charge is 0.479 e. The van der Waals surface area contributed by atoms with Gasteiger partial charge in [0.2, 0.25) is 0 Å². The molecule has 1 aliphatic heterocycles. The van der Waals surface area contributed by atoms with Crippen LogP contribution in [0.15, 0.2) is 11.6 Å². The second kappa shape index (κ2) is 12.7. The lowest BCUT2D eigenvalue weighted by molar-refractivity contribution is -0.328. The van der Waals surface area contributed by atoms with Gasteiger partial charge in [-0.15, -0.1) is 0 Å². The highest BCUT2D eigenvalue weighted by Crippen LogP contribution is 2.76. The van der Waals surface area contributed by atoms with Crippen LogP contribution in [-0.4, -0.2) is 121 Å². The molecule has 0 amide bonds. The number of allylic oxidation sites excluding steroid dienone is 2. The average Bonchev–Trinajstić information content (AvgIpc) is 3.04. The number of fused-ring (bicyclic) bond motifs is 7. The van der Waals surface area contributed by atoms with E-state index in [-0.39, 0.29) is 35.2 Å². The molecule has 5 aliphatic carbocycles. The van der Waals surface area contributed by atoms with Gasteiger partial charge in [0.25, 0.3) is 0 Å². The number of rotatable bonds is 6. The summed E-state index contributed by atoms with van der Waals surface area (Å²) in [5.41, 5.74) is -2.75. The third-order valence-corrected chi connectivity index (χ3v) is 15.9. The standard InChI is InChI=1S/C38H60O13/c1-18(41)49-30-29(46)33(2,3)14-20-19-8-9-22-34(4)12-11-24(50-32-27(45)25(43)26(44)28(51-32)31(47)48)35(5,16-39)21(34)10-13-36(22,6)37(19,7)15-23(42)38(20,30)17-40/h8,20-30,32,39-40,42-46H,9-17H2,1-7H3,(H,47,48)/t20?,21?,22?,23-,24-,25+,26?,27-,28?,29-,30-,32+,34-,35-,36+,37+,38-/m0/s1. The number of carbonyl (C=O) groups excluding carboxylic acids is 1. The minimum atomic E-state index is -1.84. The normalized spacial score (nSPS) is 53.4. The van der Waals surface area contributed by atoms with Gasteiger partial charge in [-0.1, -0.05) is 53.2 Å². The van der Waals surface area contributed by atoms with Crippen molar-refractivity contribution in [1.82, 2.24) is 0 Å². The van der Waals surface area contributed by atoms with E-state index in [1.165, 1.54) is 6.92 Å². The zero-order valence-electron chi connectivity index (χ0n) is 31.0. The molecule has 13 heteroatoms. The third kappa shape index (κ3) is 5.27. The molecule has 51 heavy (non-hydrogen) atoms. The predicted octanol–water partition coefficient (Wildman–Crippen LogP) is 1.51. The zero-order chi connectivity index (χ0) is 37.9. The van der Waals surface area contributed by atoms with E-state index in [1.54, 1.807) is 0 Å². The summed E-state index contributed by atoms with van der Waals surface area (Å²) in [6.45, 7) is 13.2. The topological polar surface area (TPSA) is 224 Å². The lowest BCUT2D eigenvalue weighted by Gasteiger charge is -2.72. The monoisotopic (exact) mass is 724 g/mol. The van der Waals surface area contributed by atoms with Crippen molar-refractivity contribution in [2.24, 2.45) is 50.2 Å². The fourth-order valence-electron chi connectivity index (χ4n) is 12.8. The van der Waals surface area contributed by atoms with Crippen molar-refractivity contribution < 1.29 is 64.7 Å². The van der Waals surface area contributed by atoms with E-state index in [4.69, 9.17) is 14.2 Å². The summed E-state index contributed by atoms with van der Waals surface area (Å²) in [5, 5.41) is 86.8. The maximum atomic E-state index is 12.4. The summed E-state index contributed by atoms with van der Waals surface area (Å²) in [5.74, 6) is -2.36. The van der Waals surface area contributed by atoms with Crippen LogP contribution in [0.1, 0.15) is 93.4 Å². The number of carboxylic acids is 1. The van der Waals surface area contributed by atoms with Gasteiger partial charge in [-0.05, 0) is 84.4 Å². The molecule has 8 N–H and O–H groups in total. The second-order valence-electron chi connectivity index (χ2n) is 18.6. The Morgan fingerprint density at radius 2 is 1.55 bits per heavy atom. The van der Waals surface area contributed by atoms with Gasteiger partial charge in [0, 0.05) is 12.3 Å². The highest BCUT2D eigenvalue weighted by Gasteiger charge is 2.73. The van der Waals surface area contributed by atoms with E-state index in [0.717, 1.165) is 12.0 Å². The van der Waals surface area contributed by atoms with Crippen LogP contribution < -0.4 is 0 Å². The van der Waals surface area contributed by atoms with E-state index in [2.05, 4.69) is 26.8 Å². The minimum Gasteiger partial charge on any atom is -0.479 e. The van der Waals surface area contributed by atoms with E-state index in [9.17, 15) is 50.4 Å². The summed E-state index contributed by atoms with van der Waals surface area (Å²) in [6.07, 6.45) is -6.11. The summed E-state index contributed by atoms with van der Waals surface area (Å²) >= 11 is 0. The lowest BCUT2D eigenvalue weighted by Crippen LogP contribution is -2.72. The fraction of sp³-hybridized carbons (Fsp3) is 0.895. The number of hydrogen-bond acceptors (Lipinski definition) is 12. The maximum Gasteiger partial charge on any atom is 0.335 e. The van der Waals surface area contributed by atoms with Gasteiger partial charge in [-0.25, -0.2) is 4.79 Å². The number of carbonyl (C=O) groups is 2. The summed E-state index contributed by atoms with van der Waals surface area (Å²) < 4.78 is 17.6.